The van der Waals surface area contributed by atoms with Crippen molar-refractivity contribution in [2.24, 2.45) is 0 Å². The van der Waals surface area contributed by atoms with Crippen LogP contribution >= 0.6 is 0 Å². The summed E-state index contributed by atoms with van der Waals surface area (Å²) in [4.78, 5) is 51.0. The Kier molecular flexibility index (Phi) is 9.98. The van der Waals surface area contributed by atoms with Crippen LogP contribution in [0.15, 0.2) is 206 Å². The van der Waals surface area contributed by atoms with E-state index in [1.54, 1.807) is 24.3 Å². The average Bonchev–Trinajstić information content (AvgIpc) is 4.31. The van der Waals surface area contributed by atoms with Gasteiger partial charge in [0.15, 0.2) is 0 Å². The predicted octanol–water partition coefficient (Wildman–Crippen LogP) is 9.05. The van der Waals surface area contributed by atoms with Crippen LogP contribution in [0.25, 0.3) is 22.3 Å². The van der Waals surface area contributed by atoms with Gasteiger partial charge in [-0.25, -0.2) is 19.2 Å². The van der Waals surface area contributed by atoms with E-state index in [1.165, 1.54) is 49.6 Å². The molecular weight excluding hydrogens is 965 g/mol. The summed E-state index contributed by atoms with van der Waals surface area (Å²) in [6.07, 6.45) is 8.96. The van der Waals surface area contributed by atoms with Crippen molar-refractivity contribution in [2.75, 3.05) is 14.2 Å². The fraction of sp³-hybridized carbons (Fsp3) is 0.0769. The molecule has 0 N–H and O–H groups in total. The van der Waals surface area contributed by atoms with Crippen molar-refractivity contribution in [3.05, 3.63) is 283 Å². The number of ether oxygens (including phenoxy) is 4. The molecule has 370 valence electrons. The topological polar surface area (TPSA) is 121 Å². The largest absolute Gasteiger partial charge is 0.553 e. The number of hydrogen-bond acceptors (Lipinski definition) is 8. The Bertz CT molecular complexity index is 4310. The minimum Gasteiger partial charge on any atom is -0.465 e. The minimum atomic E-state index is -1.03. The van der Waals surface area contributed by atoms with E-state index in [9.17, 15) is 19.2 Å². The molecular formula is C65H44N4O8+2. The lowest BCUT2D eigenvalue weighted by Crippen LogP contribution is -2.71. The number of nitrogens with zero attached hydrogens (tertiary/aromatic N) is 4. The molecule has 0 amide bonds. The summed E-state index contributed by atoms with van der Waals surface area (Å²) in [5, 5.41) is 2.05. The third-order valence-corrected chi connectivity index (χ3v) is 15.2. The first kappa shape index (κ1) is 45.4. The van der Waals surface area contributed by atoms with Crippen LogP contribution < -0.4 is 20.2 Å². The Hall–Kier alpha value is -10.2. The highest BCUT2D eigenvalue weighted by Crippen LogP contribution is 2.53. The second-order valence-electron chi connectivity index (χ2n) is 19.6. The Morgan fingerprint density at radius 3 is 1.08 bits per heavy atom. The molecule has 0 radical (unpaired) electrons. The summed E-state index contributed by atoms with van der Waals surface area (Å²) in [6.45, 7) is 4.22. The van der Waals surface area contributed by atoms with Gasteiger partial charge >= 0.3 is 29.8 Å². The van der Waals surface area contributed by atoms with Gasteiger partial charge in [-0.2, -0.15) is 9.13 Å². The van der Waals surface area contributed by atoms with Crippen LogP contribution in [-0.2, 0) is 15.4 Å². The highest BCUT2D eigenvalue weighted by atomic mass is 16.5. The molecule has 6 aromatic carbocycles. The van der Waals surface area contributed by atoms with E-state index < -0.39 is 29.8 Å². The molecule has 2 aromatic heterocycles. The van der Waals surface area contributed by atoms with Crippen molar-refractivity contribution in [1.29, 1.82) is 0 Å². The number of aromatic nitrogens is 2. The molecule has 0 saturated heterocycles. The molecule has 0 saturated carbocycles. The Balaban J connectivity index is 0.968. The highest BCUT2D eigenvalue weighted by Gasteiger charge is 2.73. The maximum absolute atomic E-state index is 13.4. The Labute approximate surface area is 440 Å². The van der Waals surface area contributed by atoms with Crippen molar-refractivity contribution in [2.45, 2.75) is 19.8 Å². The number of carbonyl (C=O) groups is 4. The van der Waals surface area contributed by atoms with Crippen molar-refractivity contribution >= 4 is 57.6 Å². The quantitative estimate of drug-likeness (QED) is 0.0757. The molecule has 8 aromatic rings. The Morgan fingerprint density at radius 2 is 0.714 bits per heavy atom. The van der Waals surface area contributed by atoms with Gasteiger partial charge in [-0.1, -0.05) is 93.1 Å². The maximum Gasteiger partial charge on any atom is 0.553 e. The second-order valence-corrected chi connectivity index (χ2v) is 19.6. The summed E-state index contributed by atoms with van der Waals surface area (Å²) in [5.41, 5.74) is 17.9. The van der Waals surface area contributed by atoms with Gasteiger partial charge in [-0.15, -0.1) is 0 Å². The molecule has 8 heterocycles. The first-order valence-electron chi connectivity index (χ1n) is 25.1. The van der Waals surface area contributed by atoms with Crippen LogP contribution in [0.1, 0.15) is 86.2 Å². The number of allylic oxidation sites excluding steroid dienone is 4. The number of carbonyl (C=O) groups excluding carboxylic acids is 4. The summed E-state index contributed by atoms with van der Waals surface area (Å²) in [7, 11) is 2.62. The molecule has 0 bridgehead atoms. The highest BCUT2D eigenvalue weighted by molar-refractivity contribution is 6.29. The second kappa shape index (κ2) is 16.9. The van der Waals surface area contributed by atoms with E-state index in [0.717, 1.165) is 89.4 Å². The SMILES string of the molecule is COC(=O)c1ccc(C(=O)Oc2ccc(C3=C4C=CC5=[N+]4C46n7c(ccc73)C(c3ccc(C)cc3)=C3C=CC(=[N+]34)C(c3ccc(C)cc3)=c3ccc(n36)=C5c3ccc(OC(=O)c4ccc(C(=O)OC)cc4)cc3)cc2)cc1. The lowest BCUT2D eigenvalue weighted by molar-refractivity contribution is -0.834. The van der Waals surface area contributed by atoms with Crippen LogP contribution in [0.3, 0.4) is 0 Å². The van der Waals surface area contributed by atoms with Crippen LogP contribution in [0.4, 0.5) is 0 Å². The van der Waals surface area contributed by atoms with Crippen LogP contribution in [0.2, 0.25) is 0 Å². The van der Waals surface area contributed by atoms with Gasteiger partial charge < -0.3 is 18.9 Å². The zero-order valence-electron chi connectivity index (χ0n) is 42.0. The fourth-order valence-electron chi connectivity index (χ4n) is 11.8. The van der Waals surface area contributed by atoms with Crippen molar-refractivity contribution in [1.82, 2.24) is 9.13 Å². The number of methoxy groups -OCH3 is 2. The normalized spacial score (nSPS) is 16.7. The van der Waals surface area contributed by atoms with Gasteiger partial charge in [-0.05, 0) is 133 Å². The standard InChI is InChI=1S/C65H44N4O8/c1-37-5-9-39(10-6-37)57-49-29-30-50-58(40-11-7-38(2)8-12-40)52-32-34-54-60(42-23-27-48(28-24-42)77-64(73)46-19-15-44(16-20-46)62(71)75-4)56-36-35-55-59(53-33-31-51(57)67(53)65(66(49)50,68(52)54)69(55)56)41-21-25-47(26-22-41)76-63(72)45-17-13-43(14-18-45)61(70)74-3/h5-36H,1-4H3/q+2. The van der Waals surface area contributed by atoms with E-state index in [-0.39, 0.29) is 0 Å². The molecule has 14 rings (SSSR count). The zero-order valence-corrected chi connectivity index (χ0v) is 42.0. The third kappa shape index (κ3) is 6.58. The van der Waals surface area contributed by atoms with Gasteiger partial charge in [0.1, 0.15) is 11.5 Å². The first-order chi connectivity index (χ1) is 37.5. The van der Waals surface area contributed by atoms with Crippen molar-refractivity contribution < 1.29 is 47.3 Å². The average molecular weight is 1010 g/mol. The summed E-state index contributed by atoms with van der Waals surface area (Å²) < 4.78 is 31.5. The molecule has 0 aliphatic carbocycles. The smallest absolute Gasteiger partial charge is 0.465 e. The third-order valence-electron chi connectivity index (χ3n) is 15.2. The maximum atomic E-state index is 13.4. The van der Waals surface area contributed by atoms with Crippen molar-refractivity contribution in [3.63, 3.8) is 0 Å². The van der Waals surface area contributed by atoms with Gasteiger partial charge in [0.2, 0.25) is 22.8 Å². The van der Waals surface area contributed by atoms with Gasteiger partial charge in [-0.3, -0.25) is 0 Å². The summed E-state index contributed by atoms with van der Waals surface area (Å²) in [6, 6.07) is 54.1. The molecule has 1 atom stereocenters. The van der Waals surface area contributed by atoms with E-state index in [0.29, 0.717) is 33.8 Å². The van der Waals surface area contributed by atoms with Crippen molar-refractivity contribution in [3.8, 4) is 11.5 Å². The first-order valence-corrected chi connectivity index (χ1v) is 25.1. The molecule has 12 nitrogen and oxygen atoms in total. The number of benzene rings is 6. The van der Waals surface area contributed by atoms with Gasteiger partial charge in [0, 0.05) is 24.3 Å². The van der Waals surface area contributed by atoms with Gasteiger partial charge in [0.05, 0.1) is 80.9 Å². The van der Waals surface area contributed by atoms with E-state index in [4.69, 9.17) is 18.9 Å². The number of hydrogen-bond donors (Lipinski definition) is 0. The molecule has 12 heteroatoms. The van der Waals surface area contributed by atoms with Crippen LogP contribution in [-0.4, -0.2) is 67.8 Å². The molecule has 0 fully saturated rings. The van der Waals surface area contributed by atoms with E-state index >= 15 is 0 Å². The predicted molar refractivity (Wildman–Crippen MR) is 288 cm³/mol. The zero-order chi connectivity index (χ0) is 52.4. The summed E-state index contributed by atoms with van der Waals surface area (Å²) >= 11 is 0. The Morgan fingerprint density at radius 1 is 0.377 bits per heavy atom. The molecule has 6 aliphatic rings. The van der Waals surface area contributed by atoms with Gasteiger partial charge in [0.25, 0.3) is 0 Å². The molecule has 6 aliphatic heterocycles. The number of rotatable bonds is 10. The van der Waals surface area contributed by atoms with E-state index in [1.807, 2.05) is 48.5 Å². The number of esters is 4. The number of aryl methyl sites for hydroxylation is 2. The monoisotopic (exact) mass is 1010 g/mol. The molecule has 77 heavy (non-hydrogen) atoms. The van der Waals surface area contributed by atoms with Crippen LogP contribution in [0.5, 0.6) is 11.5 Å². The molecule has 1 unspecified atom stereocenters. The minimum absolute atomic E-state index is 0.295. The van der Waals surface area contributed by atoms with Crippen LogP contribution in [0, 0.1) is 13.8 Å². The lowest BCUT2D eigenvalue weighted by Gasteiger charge is -2.41. The fourth-order valence-corrected chi connectivity index (χ4v) is 11.8. The lowest BCUT2D eigenvalue weighted by atomic mass is 9.92. The molecule has 1 spiro atoms. The summed E-state index contributed by atoms with van der Waals surface area (Å²) in [5.74, 6) is -2.40. The van der Waals surface area contributed by atoms with E-state index in [2.05, 4.69) is 129 Å².